The van der Waals surface area contributed by atoms with Gasteiger partial charge in [0.25, 0.3) is 0 Å². The number of carbonyl (C=O) groups excluding carboxylic acids is 1. The lowest BCUT2D eigenvalue weighted by Crippen LogP contribution is -2.37. The molecule has 13 heavy (non-hydrogen) atoms. The molecule has 1 heteroatoms. The molecule has 0 heterocycles. The lowest BCUT2D eigenvalue weighted by molar-refractivity contribution is -0.137. The SMILES string of the molecule is CC1(C)CCCCCC(C)(C)C1=O. The highest BCUT2D eigenvalue weighted by Gasteiger charge is 2.39. The zero-order valence-electron chi connectivity index (χ0n) is 9.44. The molecule has 0 unspecified atom stereocenters. The molecule has 1 saturated carbocycles. The van der Waals surface area contributed by atoms with E-state index in [1.54, 1.807) is 0 Å². The lowest BCUT2D eigenvalue weighted by atomic mass is 9.67. The summed E-state index contributed by atoms with van der Waals surface area (Å²) in [5.41, 5.74) is -0.187. The highest BCUT2D eigenvalue weighted by Crippen LogP contribution is 2.39. The molecule has 0 aromatic heterocycles. The first-order chi connectivity index (χ1) is 5.86. The van der Waals surface area contributed by atoms with Crippen LogP contribution in [0.1, 0.15) is 59.8 Å². The van der Waals surface area contributed by atoms with Crippen molar-refractivity contribution in [2.24, 2.45) is 10.8 Å². The minimum absolute atomic E-state index is 0.0933. The summed E-state index contributed by atoms with van der Waals surface area (Å²) in [6.07, 6.45) is 5.86. The molecule has 0 atom stereocenters. The van der Waals surface area contributed by atoms with Gasteiger partial charge in [0.1, 0.15) is 5.78 Å². The van der Waals surface area contributed by atoms with Gasteiger partial charge in [-0.2, -0.15) is 0 Å². The second-order valence-electron chi connectivity index (χ2n) is 5.66. The minimum Gasteiger partial charge on any atom is -0.299 e. The highest BCUT2D eigenvalue weighted by atomic mass is 16.1. The van der Waals surface area contributed by atoms with Gasteiger partial charge in [0.05, 0.1) is 0 Å². The maximum Gasteiger partial charge on any atom is 0.144 e. The standard InChI is InChI=1S/C12H22O/c1-11(2)8-6-5-7-9-12(3,4)10(11)13/h5-9H2,1-4H3. The molecule has 0 N–H and O–H groups in total. The van der Waals surface area contributed by atoms with E-state index in [-0.39, 0.29) is 10.8 Å². The van der Waals surface area contributed by atoms with E-state index in [0.29, 0.717) is 5.78 Å². The Morgan fingerprint density at radius 3 is 1.62 bits per heavy atom. The molecule has 0 spiro atoms. The average molecular weight is 182 g/mol. The Morgan fingerprint density at radius 1 is 0.846 bits per heavy atom. The molecular weight excluding hydrogens is 160 g/mol. The number of hydrogen-bond acceptors (Lipinski definition) is 1. The van der Waals surface area contributed by atoms with E-state index < -0.39 is 0 Å². The van der Waals surface area contributed by atoms with E-state index >= 15 is 0 Å². The summed E-state index contributed by atoms with van der Waals surface area (Å²) >= 11 is 0. The fourth-order valence-electron chi connectivity index (χ4n) is 2.45. The minimum atomic E-state index is -0.0933. The fraction of sp³-hybridized carbons (Fsp3) is 0.917. The topological polar surface area (TPSA) is 17.1 Å². The van der Waals surface area contributed by atoms with Crippen LogP contribution in [0.15, 0.2) is 0 Å². The Labute approximate surface area is 81.9 Å². The van der Waals surface area contributed by atoms with Crippen molar-refractivity contribution in [1.82, 2.24) is 0 Å². The van der Waals surface area contributed by atoms with Gasteiger partial charge in [-0.3, -0.25) is 4.79 Å². The summed E-state index contributed by atoms with van der Waals surface area (Å²) in [5, 5.41) is 0. The van der Waals surface area contributed by atoms with Crippen molar-refractivity contribution < 1.29 is 4.79 Å². The van der Waals surface area contributed by atoms with Crippen LogP contribution in [0.4, 0.5) is 0 Å². The first-order valence-electron chi connectivity index (χ1n) is 5.41. The van der Waals surface area contributed by atoms with Crippen LogP contribution in [-0.2, 0) is 4.79 Å². The number of carbonyl (C=O) groups is 1. The predicted molar refractivity (Wildman–Crippen MR) is 55.7 cm³/mol. The van der Waals surface area contributed by atoms with Crippen LogP contribution in [-0.4, -0.2) is 5.78 Å². The predicted octanol–water partition coefficient (Wildman–Crippen LogP) is 3.57. The number of ketones is 1. The van der Waals surface area contributed by atoms with Crippen molar-refractivity contribution in [3.05, 3.63) is 0 Å². The Morgan fingerprint density at radius 2 is 1.23 bits per heavy atom. The zero-order valence-corrected chi connectivity index (χ0v) is 9.44. The van der Waals surface area contributed by atoms with E-state index in [4.69, 9.17) is 0 Å². The van der Waals surface area contributed by atoms with Crippen LogP contribution in [0.5, 0.6) is 0 Å². The van der Waals surface area contributed by atoms with Gasteiger partial charge >= 0.3 is 0 Å². The third kappa shape index (κ3) is 2.32. The lowest BCUT2D eigenvalue weighted by Gasteiger charge is -2.35. The second kappa shape index (κ2) is 3.43. The summed E-state index contributed by atoms with van der Waals surface area (Å²) in [6.45, 7) is 8.40. The molecule has 0 aromatic carbocycles. The van der Waals surface area contributed by atoms with Crippen LogP contribution < -0.4 is 0 Å². The van der Waals surface area contributed by atoms with Crippen LogP contribution in [0.2, 0.25) is 0 Å². The Kier molecular flexibility index (Phi) is 2.84. The molecule has 1 aliphatic rings. The van der Waals surface area contributed by atoms with Crippen molar-refractivity contribution in [3.8, 4) is 0 Å². The van der Waals surface area contributed by atoms with Crippen molar-refractivity contribution in [3.63, 3.8) is 0 Å². The van der Waals surface area contributed by atoms with E-state index in [2.05, 4.69) is 27.7 Å². The second-order valence-corrected chi connectivity index (χ2v) is 5.66. The Hall–Kier alpha value is -0.330. The van der Waals surface area contributed by atoms with E-state index in [0.717, 1.165) is 12.8 Å². The fourth-order valence-corrected chi connectivity index (χ4v) is 2.45. The molecular formula is C12H22O. The van der Waals surface area contributed by atoms with Gasteiger partial charge in [-0.15, -0.1) is 0 Å². The van der Waals surface area contributed by atoms with Crippen LogP contribution in [0, 0.1) is 10.8 Å². The average Bonchev–Trinajstić information content (AvgIpc) is 2.01. The van der Waals surface area contributed by atoms with E-state index in [1.807, 2.05) is 0 Å². The largest absolute Gasteiger partial charge is 0.299 e. The Balaban J connectivity index is 2.83. The van der Waals surface area contributed by atoms with Crippen molar-refractivity contribution in [2.45, 2.75) is 59.8 Å². The van der Waals surface area contributed by atoms with E-state index in [1.165, 1.54) is 19.3 Å². The van der Waals surface area contributed by atoms with Gasteiger partial charge in [-0.25, -0.2) is 0 Å². The van der Waals surface area contributed by atoms with Crippen LogP contribution in [0.3, 0.4) is 0 Å². The normalized spacial score (nSPS) is 27.8. The van der Waals surface area contributed by atoms with Gasteiger partial charge in [-0.05, 0) is 12.8 Å². The molecule has 0 aliphatic heterocycles. The number of Topliss-reactive ketones (excluding diaryl/α,β-unsaturated/α-hetero) is 1. The van der Waals surface area contributed by atoms with Gasteiger partial charge in [0, 0.05) is 10.8 Å². The summed E-state index contributed by atoms with van der Waals surface area (Å²) in [4.78, 5) is 12.1. The summed E-state index contributed by atoms with van der Waals surface area (Å²) in [7, 11) is 0. The number of hydrogen-bond donors (Lipinski definition) is 0. The van der Waals surface area contributed by atoms with Crippen LogP contribution in [0.25, 0.3) is 0 Å². The Bertz CT molecular complexity index is 181. The maximum absolute atomic E-state index is 12.1. The van der Waals surface area contributed by atoms with Crippen molar-refractivity contribution >= 4 is 5.78 Å². The van der Waals surface area contributed by atoms with E-state index in [9.17, 15) is 4.79 Å². The maximum atomic E-state index is 12.1. The van der Waals surface area contributed by atoms with Gasteiger partial charge in [0.2, 0.25) is 0 Å². The van der Waals surface area contributed by atoms with Crippen LogP contribution >= 0.6 is 0 Å². The van der Waals surface area contributed by atoms with Crippen molar-refractivity contribution in [2.75, 3.05) is 0 Å². The molecule has 1 rings (SSSR count). The molecule has 0 saturated heterocycles. The summed E-state index contributed by atoms with van der Waals surface area (Å²) < 4.78 is 0. The highest BCUT2D eigenvalue weighted by molar-refractivity contribution is 5.89. The first kappa shape index (κ1) is 10.7. The smallest absolute Gasteiger partial charge is 0.144 e. The molecule has 1 nitrogen and oxygen atoms in total. The third-order valence-electron chi connectivity index (χ3n) is 3.33. The molecule has 0 amide bonds. The third-order valence-corrected chi connectivity index (χ3v) is 3.33. The molecule has 0 aromatic rings. The first-order valence-corrected chi connectivity index (χ1v) is 5.41. The van der Waals surface area contributed by atoms with Crippen molar-refractivity contribution in [1.29, 1.82) is 0 Å². The van der Waals surface area contributed by atoms with Gasteiger partial charge in [0.15, 0.2) is 0 Å². The molecule has 1 fully saturated rings. The van der Waals surface area contributed by atoms with Gasteiger partial charge in [-0.1, -0.05) is 47.0 Å². The molecule has 0 bridgehead atoms. The number of rotatable bonds is 0. The van der Waals surface area contributed by atoms with Gasteiger partial charge < -0.3 is 0 Å². The zero-order chi connectivity index (χ0) is 10.1. The summed E-state index contributed by atoms with van der Waals surface area (Å²) in [6, 6.07) is 0. The molecule has 1 aliphatic carbocycles. The monoisotopic (exact) mass is 182 g/mol. The quantitative estimate of drug-likeness (QED) is 0.559. The summed E-state index contributed by atoms with van der Waals surface area (Å²) in [5.74, 6) is 0.458. The molecule has 76 valence electrons. The molecule has 0 radical (unpaired) electrons.